The van der Waals surface area contributed by atoms with E-state index in [9.17, 15) is 14.9 Å². The third-order valence-electron chi connectivity index (χ3n) is 5.39. The number of anilines is 1. The molecular weight excluding hydrogens is 444 g/mol. The molecule has 2 heterocycles. The molecule has 9 nitrogen and oxygen atoms in total. The van der Waals surface area contributed by atoms with Gasteiger partial charge in [0, 0.05) is 41.7 Å². The molecule has 0 aliphatic carbocycles. The first-order chi connectivity index (χ1) is 17.1. The Bertz CT molecular complexity index is 1470. The molecule has 1 amide bonds. The van der Waals surface area contributed by atoms with Crippen molar-refractivity contribution in [1.82, 2.24) is 19.6 Å². The highest BCUT2D eigenvalue weighted by Gasteiger charge is 2.17. The van der Waals surface area contributed by atoms with Crippen LogP contribution in [0.4, 0.5) is 11.5 Å². The highest BCUT2D eigenvalue weighted by atomic mass is 16.6. The minimum absolute atomic E-state index is 0.00969. The molecular formula is C26H20N6O3. The lowest BCUT2D eigenvalue weighted by molar-refractivity contribution is -0.384. The van der Waals surface area contributed by atoms with Crippen molar-refractivity contribution in [3.63, 3.8) is 0 Å². The number of nitro benzene ring substituents is 1. The largest absolute Gasteiger partial charge is 0.309 e. The maximum atomic E-state index is 12.9. The summed E-state index contributed by atoms with van der Waals surface area (Å²) in [5.74, 6) is 0.185. The summed E-state index contributed by atoms with van der Waals surface area (Å²) < 4.78 is 3.38. The summed E-state index contributed by atoms with van der Waals surface area (Å²) in [5.41, 5.74) is 3.66. The molecule has 0 fully saturated rings. The fraction of sp³-hybridized carbons (Fsp3) is 0.0385. The monoisotopic (exact) mass is 464 g/mol. The topological polar surface area (TPSA) is 108 Å². The van der Waals surface area contributed by atoms with Gasteiger partial charge in [-0.3, -0.25) is 14.9 Å². The van der Waals surface area contributed by atoms with E-state index >= 15 is 0 Å². The number of hydrogen-bond acceptors (Lipinski definition) is 5. The predicted molar refractivity (Wildman–Crippen MR) is 132 cm³/mol. The third kappa shape index (κ3) is 4.83. The maximum Gasteiger partial charge on any atom is 0.269 e. The average Bonchev–Trinajstić information content (AvgIpc) is 3.52. The predicted octanol–water partition coefficient (Wildman–Crippen LogP) is 4.81. The summed E-state index contributed by atoms with van der Waals surface area (Å²) in [7, 11) is 0. The van der Waals surface area contributed by atoms with Crippen molar-refractivity contribution in [3.8, 4) is 22.6 Å². The molecule has 3 aromatic carbocycles. The number of hydrogen-bond donors (Lipinski definition) is 1. The second kappa shape index (κ2) is 9.44. The number of rotatable bonds is 7. The molecule has 0 unspecified atom stereocenters. The van der Waals surface area contributed by atoms with Crippen LogP contribution in [0.1, 0.15) is 5.56 Å². The first kappa shape index (κ1) is 21.8. The van der Waals surface area contributed by atoms with Gasteiger partial charge in [0.1, 0.15) is 0 Å². The van der Waals surface area contributed by atoms with Crippen LogP contribution in [0.5, 0.6) is 0 Å². The Kier molecular flexibility index (Phi) is 5.87. The summed E-state index contributed by atoms with van der Waals surface area (Å²) in [5, 5.41) is 23.0. The molecule has 5 rings (SSSR count). The van der Waals surface area contributed by atoms with Crippen LogP contribution in [0, 0.1) is 10.1 Å². The highest BCUT2D eigenvalue weighted by Crippen LogP contribution is 2.26. The molecule has 0 atom stereocenters. The second-order valence-electron chi connectivity index (χ2n) is 7.79. The van der Waals surface area contributed by atoms with Crippen molar-refractivity contribution >= 4 is 17.4 Å². The van der Waals surface area contributed by atoms with Crippen molar-refractivity contribution in [3.05, 3.63) is 119 Å². The molecule has 0 radical (unpaired) electrons. The Labute approximate surface area is 200 Å². The zero-order valence-corrected chi connectivity index (χ0v) is 18.5. The Morgan fingerprint density at radius 3 is 2.09 bits per heavy atom. The number of nitro groups is 1. The van der Waals surface area contributed by atoms with Gasteiger partial charge in [-0.1, -0.05) is 36.4 Å². The molecule has 172 valence electrons. The fourth-order valence-corrected chi connectivity index (χ4v) is 3.71. The smallest absolute Gasteiger partial charge is 0.269 e. The number of amides is 1. The van der Waals surface area contributed by atoms with Gasteiger partial charge in [-0.15, -0.1) is 0 Å². The molecule has 2 aromatic heterocycles. The maximum absolute atomic E-state index is 12.9. The molecule has 0 spiro atoms. The zero-order chi connectivity index (χ0) is 24.2. The van der Waals surface area contributed by atoms with Crippen molar-refractivity contribution < 1.29 is 9.72 Å². The Balaban J connectivity index is 1.41. The van der Waals surface area contributed by atoms with Gasteiger partial charge in [0.05, 0.1) is 28.4 Å². The van der Waals surface area contributed by atoms with Crippen molar-refractivity contribution in [2.75, 3.05) is 5.32 Å². The van der Waals surface area contributed by atoms with Gasteiger partial charge in [-0.2, -0.15) is 10.2 Å². The lowest BCUT2D eigenvalue weighted by Gasteiger charge is -2.04. The lowest BCUT2D eigenvalue weighted by atomic mass is 10.1. The number of aromatic nitrogens is 4. The SMILES string of the molecule is O=C(Cc1cn(-c2ccccc2)nc1-c1ccc([N+](=O)[O-])cc1)Nc1ccn(-c2ccccc2)n1. The van der Waals surface area contributed by atoms with E-state index < -0.39 is 4.92 Å². The number of carbonyl (C=O) groups is 1. The lowest BCUT2D eigenvalue weighted by Crippen LogP contribution is -2.15. The van der Waals surface area contributed by atoms with E-state index in [2.05, 4.69) is 15.5 Å². The summed E-state index contributed by atoms with van der Waals surface area (Å²) in [6, 6.07) is 27.0. The van der Waals surface area contributed by atoms with E-state index in [0.29, 0.717) is 22.6 Å². The number of para-hydroxylation sites is 2. The summed E-state index contributed by atoms with van der Waals surface area (Å²) in [6.07, 6.45) is 3.63. The van der Waals surface area contributed by atoms with E-state index in [1.54, 1.807) is 40.0 Å². The van der Waals surface area contributed by atoms with Gasteiger partial charge >= 0.3 is 0 Å². The molecule has 5 aromatic rings. The number of nitrogens with one attached hydrogen (secondary N) is 1. The Morgan fingerprint density at radius 2 is 1.46 bits per heavy atom. The summed E-state index contributed by atoms with van der Waals surface area (Å²) in [4.78, 5) is 23.5. The van der Waals surface area contributed by atoms with Gasteiger partial charge in [0.15, 0.2) is 5.82 Å². The van der Waals surface area contributed by atoms with Crippen LogP contribution in [-0.2, 0) is 11.2 Å². The van der Waals surface area contributed by atoms with Crippen molar-refractivity contribution in [2.45, 2.75) is 6.42 Å². The Morgan fingerprint density at radius 1 is 0.829 bits per heavy atom. The van der Waals surface area contributed by atoms with Crippen LogP contribution in [-0.4, -0.2) is 30.4 Å². The number of non-ortho nitro benzene ring substituents is 1. The normalized spacial score (nSPS) is 10.7. The standard InChI is InChI=1S/C26H20N6O3/c33-25(27-24-15-16-30(28-24)21-7-3-1-4-8-21)17-20-18-31(22-9-5-2-6-10-22)29-26(20)19-11-13-23(14-12-19)32(34)35/h1-16,18H,17H2,(H,27,28,33). The third-order valence-corrected chi connectivity index (χ3v) is 5.39. The van der Waals surface area contributed by atoms with Gasteiger partial charge < -0.3 is 5.32 Å². The van der Waals surface area contributed by atoms with Gasteiger partial charge in [0.2, 0.25) is 5.91 Å². The van der Waals surface area contributed by atoms with Crippen molar-refractivity contribution in [2.24, 2.45) is 0 Å². The molecule has 0 bridgehead atoms. The minimum Gasteiger partial charge on any atom is -0.309 e. The molecule has 0 aliphatic rings. The van der Waals surface area contributed by atoms with E-state index in [0.717, 1.165) is 11.4 Å². The fourth-order valence-electron chi connectivity index (χ4n) is 3.71. The molecule has 1 N–H and O–H groups in total. The molecule has 0 aliphatic heterocycles. The van der Waals surface area contributed by atoms with Crippen LogP contribution in [0.2, 0.25) is 0 Å². The molecule has 35 heavy (non-hydrogen) atoms. The van der Waals surface area contributed by atoms with Gasteiger partial charge in [0.25, 0.3) is 5.69 Å². The van der Waals surface area contributed by atoms with Gasteiger partial charge in [-0.25, -0.2) is 9.36 Å². The number of carbonyl (C=O) groups excluding carboxylic acids is 1. The Hall–Kier alpha value is -5.05. The summed E-state index contributed by atoms with van der Waals surface area (Å²) >= 11 is 0. The van der Waals surface area contributed by atoms with Crippen LogP contribution in [0.15, 0.2) is 103 Å². The number of nitrogens with zero attached hydrogens (tertiary/aromatic N) is 5. The van der Waals surface area contributed by atoms with Crippen LogP contribution >= 0.6 is 0 Å². The van der Waals surface area contributed by atoms with Crippen LogP contribution in [0.3, 0.4) is 0 Å². The van der Waals surface area contributed by atoms with Gasteiger partial charge in [-0.05, 0) is 36.4 Å². The van der Waals surface area contributed by atoms with E-state index in [-0.39, 0.29) is 18.0 Å². The zero-order valence-electron chi connectivity index (χ0n) is 18.5. The van der Waals surface area contributed by atoms with Crippen LogP contribution < -0.4 is 5.32 Å². The quantitative estimate of drug-likeness (QED) is 0.275. The first-order valence-electron chi connectivity index (χ1n) is 10.9. The molecule has 0 saturated heterocycles. The second-order valence-corrected chi connectivity index (χ2v) is 7.79. The highest BCUT2D eigenvalue weighted by molar-refractivity contribution is 5.92. The average molecular weight is 464 g/mol. The summed E-state index contributed by atoms with van der Waals surface area (Å²) in [6.45, 7) is 0. The molecule has 0 saturated carbocycles. The van der Waals surface area contributed by atoms with Crippen LogP contribution in [0.25, 0.3) is 22.6 Å². The first-order valence-corrected chi connectivity index (χ1v) is 10.9. The minimum atomic E-state index is -0.449. The van der Waals surface area contributed by atoms with E-state index in [1.165, 1.54) is 12.1 Å². The molecule has 9 heteroatoms. The van der Waals surface area contributed by atoms with E-state index in [1.807, 2.05) is 60.7 Å². The van der Waals surface area contributed by atoms with Crippen molar-refractivity contribution in [1.29, 1.82) is 0 Å². The van der Waals surface area contributed by atoms with E-state index in [4.69, 9.17) is 0 Å². The number of benzene rings is 3.